The summed E-state index contributed by atoms with van der Waals surface area (Å²) in [7, 11) is 0. The lowest BCUT2D eigenvalue weighted by atomic mass is 10.2. The monoisotopic (exact) mass is 271 g/mol. The van der Waals surface area contributed by atoms with E-state index in [1.54, 1.807) is 0 Å². The molecule has 1 amide bonds. The van der Waals surface area contributed by atoms with Gasteiger partial charge in [0.25, 0.3) is 5.91 Å². The van der Waals surface area contributed by atoms with Crippen LogP contribution >= 0.6 is 15.9 Å². The molecule has 0 aromatic heterocycles. The van der Waals surface area contributed by atoms with E-state index < -0.39 is 0 Å². The predicted octanol–water partition coefficient (Wildman–Crippen LogP) is 2.89. The first kappa shape index (κ1) is 11.9. The van der Waals surface area contributed by atoms with Gasteiger partial charge in [0.15, 0.2) is 0 Å². The number of hydrogen-bond acceptors (Lipinski definition) is 1. The van der Waals surface area contributed by atoms with Crippen LogP contribution in [0.15, 0.2) is 34.8 Å². The van der Waals surface area contributed by atoms with Crippen molar-refractivity contribution < 1.29 is 9.18 Å². The summed E-state index contributed by atoms with van der Waals surface area (Å²) in [5, 5.41) is 2.66. The fourth-order valence-electron chi connectivity index (χ4n) is 0.971. The lowest BCUT2D eigenvalue weighted by Gasteiger charge is -2.05. The lowest BCUT2D eigenvalue weighted by molar-refractivity contribution is 0.0957. The summed E-state index contributed by atoms with van der Waals surface area (Å²) < 4.78 is 13.2. The van der Waals surface area contributed by atoms with E-state index in [1.807, 2.05) is 6.92 Å². The molecule has 0 heterocycles. The molecule has 1 aromatic rings. The molecule has 1 rings (SSSR count). The summed E-state index contributed by atoms with van der Waals surface area (Å²) in [6.45, 7) is 5.91. The highest BCUT2D eigenvalue weighted by Gasteiger charge is 2.07. The highest BCUT2D eigenvalue weighted by molar-refractivity contribution is 9.10. The second kappa shape index (κ2) is 5.07. The van der Waals surface area contributed by atoms with Crippen molar-refractivity contribution in [3.8, 4) is 0 Å². The summed E-state index contributed by atoms with van der Waals surface area (Å²) in [5.74, 6) is -0.620. The molecular formula is C11H11BrFNO. The number of amides is 1. The van der Waals surface area contributed by atoms with E-state index in [0.717, 1.165) is 5.57 Å². The van der Waals surface area contributed by atoms with Crippen LogP contribution in [-0.2, 0) is 0 Å². The average molecular weight is 272 g/mol. The molecule has 2 nitrogen and oxygen atoms in total. The van der Waals surface area contributed by atoms with Gasteiger partial charge in [-0.1, -0.05) is 12.2 Å². The molecule has 0 fully saturated rings. The van der Waals surface area contributed by atoms with Crippen LogP contribution in [0.1, 0.15) is 17.3 Å². The van der Waals surface area contributed by atoms with Crippen LogP contribution in [0.3, 0.4) is 0 Å². The number of carbonyl (C=O) groups excluding carboxylic acids is 1. The summed E-state index contributed by atoms with van der Waals surface area (Å²) in [6.07, 6.45) is 0. The highest BCUT2D eigenvalue weighted by atomic mass is 79.9. The fourth-order valence-corrected chi connectivity index (χ4v) is 1.35. The van der Waals surface area contributed by atoms with Gasteiger partial charge in [-0.05, 0) is 41.1 Å². The van der Waals surface area contributed by atoms with Gasteiger partial charge in [-0.3, -0.25) is 4.79 Å². The van der Waals surface area contributed by atoms with Crippen molar-refractivity contribution in [2.24, 2.45) is 0 Å². The Labute approximate surface area is 96.3 Å². The van der Waals surface area contributed by atoms with Crippen LogP contribution in [0.4, 0.5) is 4.39 Å². The molecule has 0 saturated heterocycles. The molecule has 0 bridgehead atoms. The van der Waals surface area contributed by atoms with Gasteiger partial charge in [-0.25, -0.2) is 4.39 Å². The van der Waals surface area contributed by atoms with Gasteiger partial charge in [-0.2, -0.15) is 0 Å². The van der Waals surface area contributed by atoms with Crippen LogP contribution in [-0.4, -0.2) is 12.5 Å². The van der Waals surface area contributed by atoms with Crippen molar-refractivity contribution in [3.63, 3.8) is 0 Å². The second-order valence-corrected chi connectivity index (χ2v) is 4.12. The molecule has 0 atom stereocenters. The van der Waals surface area contributed by atoms with Gasteiger partial charge >= 0.3 is 0 Å². The van der Waals surface area contributed by atoms with E-state index >= 15 is 0 Å². The first-order valence-corrected chi connectivity index (χ1v) is 5.17. The minimum atomic E-state index is -0.383. The van der Waals surface area contributed by atoms with Gasteiger partial charge in [0.05, 0.1) is 4.47 Å². The SMILES string of the molecule is C=C(C)CNC(=O)c1ccc(F)c(Br)c1. The number of nitrogens with one attached hydrogen (secondary N) is 1. The smallest absolute Gasteiger partial charge is 0.251 e. The van der Waals surface area contributed by atoms with E-state index in [4.69, 9.17) is 0 Å². The maximum atomic E-state index is 12.9. The zero-order chi connectivity index (χ0) is 11.4. The second-order valence-electron chi connectivity index (χ2n) is 3.27. The molecule has 0 aliphatic carbocycles. The van der Waals surface area contributed by atoms with E-state index in [9.17, 15) is 9.18 Å². The third-order valence-corrected chi connectivity index (χ3v) is 2.34. The molecular weight excluding hydrogens is 261 g/mol. The Hall–Kier alpha value is -1.16. The maximum Gasteiger partial charge on any atom is 0.251 e. The molecule has 0 aliphatic heterocycles. The zero-order valence-corrected chi connectivity index (χ0v) is 9.90. The fraction of sp³-hybridized carbons (Fsp3) is 0.182. The summed E-state index contributed by atoms with van der Waals surface area (Å²) in [5.41, 5.74) is 1.29. The Bertz CT molecular complexity index is 404. The topological polar surface area (TPSA) is 29.1 Å². The lowest BCUT2D eigenvalue weighted by Crippen LogP contribution is -2.24. The number of carbonyl (C=O) groups is 1. The minimum Gasteiger partial charge on any atom is -0.348 e. The Morgan fingerprint density at radius 2 is 2.27 bits per heavy atom. The first-order chi connectivity index (χ1) is 7.00. The third-order valence-electron chi connectivity index (χ3n) is 1.73. The molecule has 0 radical (unpaired) electrons. The van der Waals surface area contributed by atoms with Gasteiger partial charge in [0.1, 0.15) is 5.82 Å². The molecule has 15 heavy (non-hydrogen) atoms. The van der Waals surface area contributed by atoms with Crippen LogP contribution in [0, 0.1) is 5.82 Å². The zero-order valence-electron chi connectivity index (χ0n) is 8.31. The van der Waals surface area contributed by atoms with Crippen molar-refractivity contribution in [1.29, 1.82) is 0 Å². The summed E-state index contributed by atoms with van der Waals surface area (Å²) >= 11 is 3.02. The van der Waals surface area contributed by atoms with E-state index in [0.29, 0.717) is 12.1 Å². The molecule has 1 aromatic carbocycles. The quantitative estimate of drug-likeness (QED) is 0.842. The average Bonchev–Trinajstić information content (AvgIpc) is 2.18. The Morgan fingerprint density at radius 1 is 1.60 bits per heavy atom. The van der Waals surface area contributed by atoms with Gasteiger partial charge in [0, 0.05) is 12.1 Å². The van der Waals surface area contributed by atoms with Gasteiger partial charge in [0.2, 0.25) is 0 Å². The maximum absolute atomic E-state index is 12.9. The summed E-state index contributed by atoms with van der Waals surface area (Å²) in [4.78, 5) is 11.5. The Kier molecular flexibility index (Phi) is 4.03. The largest absolute Gasteiger partial charge is 0.348 e. The molecule has 1 N–H and O–H groups in total. The Balaban J connectivity index is 2.74. The number of halogens is 2. The van der Waals surface area contributed by atoms with E-state index in [-0.39, 0.29) is 16.2 Å². The van der Waals surface area contributed by atoms with Crippen molar-refractivity contribution in [2.75, 3.05) is 6.54 Å². The van der Waals surface area contributed by atoms with E-state index in [2.05, 4.69) is 27.8 Å². The Morgan fingerprint density at radius 3 is 2.80 bits per heavy atom. The minimum absolute atomic E-state index is 0.237. The molecule has 0 unspecified atom stereocenters. The van der Waals surface area contributed by atoms with Gasteiger partial charge in [-0.15, -0.1) is 0 Å². The first-order valence-electron chi connectivity index (χ1n) is 4.38. The predicted molar refractivity (Wildman–Crippen MR) is 61.2 cm³/mol. The van der Waals surface area contributed by atoms with Crippen LogP contribution < -0.4 is 5.32 Å². The van der Waals surface area contributed by atoms with Crippen molar-refractivity contribution >= 4 is 21.8 Å². The molecule has 4 heteroatoms. The molecule has 0 saturated carbocycles. The highest BCUT2D eigenvalue weighted by Crippen LogP contribution is 2.16. The standard InChI is InChI=1S/C11H11BrFNO/c1-7(2)6-14-11(15)8-3-4-10(13)9(12)5-8/h3-5H,1,6H2,2H3,(H,14,15). The normalized spacial score (nSPS) is 9.80. The molecule has 80 valence electrons. The molecule has 0 aliphatic rings. The van der Waals surface area contributed by atoms with Crippen LogP contribution in [0.5, 0.6) is 0 Å². The van der Waals surface area contributed by atoms with Crippen molar-refractivity contribution in [2.45, 2.75) is 6.92 Å². The third kappa shape index (κ3) is 3.47. The van der Waals surface area contributed by atoms with Crippen LogP contribution in [0.25, 0.3) is 0 Å². The van der Waals surface area contributed by atoms with Crippen LogP contribution in [0.2, 0.25) is 0 Å². The number of rotatable bonds is 3. The van der Waals surface area contributed by atoms with Crippen molar-refractivity contribution in [3.05, 3.63) is 46.2 Å². The number of hydrogen-bond donors (Lipinski definition) is 1. The number of benzene rings is 1. The van der Waals surface area contributed by atoms with E-state index in [1.165, 1.54) is 18.2 Å². The summed E-state index contributed by atoms with van der Waals surface area (Å²) in [6, 6.07) is 4.14. The van der Waals surface area contributed by atoms with Crippen molar-refractivity contribution in [1.82, 2.24) is 5.32 Å². The molecule has 0 spiro atoms. The van der Waals surface area contributed by atoms with Gasteiger partial charge < -0.3 is 5.32 Å².